The minimum Gasteiger partial charge on any atom is -0.493 e. The van der Waals surface area contributed by atoms with Gasteiger partial charge in [0.1, 0.15) is 4.90 Å². The highest BCUT2D eigenvalue weighted by atomic mass is 32.2. The Kier molecular flexibility index (Phi) is 5.79. The highest BCUT2D eigenvalue weighted by molar-refractivity contribution is 8.18. The monoisotopic (exact) mass is 463 g/mol. The van der Waals surface area contributed by atoms with Crippen molar-refractivity contribution in [3.05, 3.63) is 46.9 Å². The fourth-order valence-electron chi connectivity index (χ4n) is 2.88. The van der Waals surface area contributed by atoms with Gasteiger partial charge in [0.25, 0.3) is 11.1 Å². The number of nitrogens with one attached hydrogen (secondary N) is 1. The van der Waals surface area contributed by atoms with Crippen LogP contribution in [0.25, 0.3) is 6.08 Å². The first-order valence-corrected chi connectivity index (χ1v) is 11.4. The molecule has 31 heavy (non-hydrogen) atoms. The standard InChI is InChI=1S/C20H17NO8S2/c1-26-16-9-12(10-18-19(22)21-20(23)30-18)3-5-15(16)29-31(24,25)13-4-6-14-17(11-13)28-8-2-7-27-14/h3-6,9-11H,2,7-8H2,1H3,(H,21,22,23). The largest absolute Gasteiger partial charge is 0.493 e. The van der Waals surface area contributed by atoms with Crippen molar-refractivity contribution < 1.29 is 36.4 Å². The predicted octanol–water partition coefficient (Wildman–Crippen LogP) is 2.95. The minimum absolute atomic E-state index is 0.0311. The van der Waals surface area contributed by atoms with Crippen LogP contribution in [0.4, 0.5) is 4.79 Å². The molecule has 2 aliphatic rings. The Morgan fingerprint density at radius 1 is 1.03 bits per heavy atom. The number of ether oxygens (including phenoxy) is 3. The predicted molar refractivity (Wildman–Crippen MR) is 112 cm³/mol. The zero-order valence-corrected chi connectivity index (χ0v) is 17.9. The molecule has 0 aromatic heterocycles. The van der Waals surface area contributed by atoms with Crippen molar-refractivity contribution in [3.8, 4) is 23.0 Å². The second kappa shape index (κ2) is 8.52. The van der Waals surface area contributed by atoms with Crippen molar-refractivity contribution >= 4 is 39.1 Å². The molecule has 0 saturated carbocycles. The van der Waals surface area contributed by atoms with Crippen LogP contribution in [0.2, 0.25) is 0 Å². The molecule has 2 aromatic rings. The summed E-state index contributed by atoms with van der Waals surface area (Å²) in [5.74, 6) is 0.418. The number of methoxy groups -OCH3 is 1. The number of rotatable bonds is 5. The summed E-state index contributed by atoms with van der Waals surface area (Å²) >= 11 is 0.778. The van der Waals surface area contributed by atoms with Crippen LogP contribution in [0.5, 0.6) is 23.0 Å². The summed E-state index contributed by atoms with van der Waals surface area (Å²) in [5.41, 5.74) is 0.532. The van der Waals surface area contributed by atoms with Crippen molar-refractivity contribution in [1.82, 2.24) is 5.32 Å². The molecule has 4 rings (SSSR count). The van der Waals surface area contributed by atoms with E-state index in [4.69, 9.17) is 18.4 Å². The van der Waals surface area contributed by atoms with Gasteiger partial charge in [-0.05, 0) is 47.7 Å². The molecule has 1 N–H and O–H groups in total. The van der Waals surface area contributed by atoms with Gasteiger partial charge in [-0.3, -0.25) is 14.9 Å². The molecule has 0 atom stereocenters. The molecule has 2 aromatic carbocycles. The number of hydrogen-bond donors (Lipinski definition) is 1. The van der Waals surface area contributed by atoms with Gasteiger partial charge in [-0.15, -0.1) is 0 Å². The highest BCUT2D eigenvalue weighted by Gasteiger charge is 2.26. The van der Waals surface area contributed by atoms with E-state index in [1.54, 1.807) is 6.07 Å². The first-order chi connectivity index (χ1) is 14.9. The number of carbonyl (C=O) groups is 2. The van der Waals surface area contributed by atoms with Gasteiger partial charge in [0, 0.05) is 12.5 Å². The van der Waals surface area contributed by atoms with Crippen LogP contribution in [-0.2, 0) is 14.9 Å². The number of fused-ring (bicyclic) bond motifs is 1. The van der Waals surface area contributed by atoms with Crippen LogP contribution < -0.4 is 23.7 Å². The molecule has 0 spiro atoms. The molecule has 1 fully saturated rings. The number of carbonyl (C=O) groups excluding carboxylic acids is 2. The van der Waals surface area contributed by atoms with Crippen molar-refractivity contribution in [3.63, 3.8) is 0 Å². The van der Waals surface area contributed by atoms with Gasteiger partial charge in [-0.2, -0.15) is 8.42 Å². The van der Waals surface area contributed by atoms with E-state index >= 15 is 0 Å². The molecular weight excluding hydrogens is 446 g/mol. The summed E-state index contributed by atoms with van der Waals surface area (Å²) in [6, 6.07) is 8.71. The third-order valence-electron chi connectivity index (χ3n) is 4.33. The molecule has 2 amide bonds. The molecular formula is C20H17NO8S2. The first-order valence-electron chi connectivity index (χ1n) is 9.13. The Labute approximate surface area is 182 Å². The smallest absolute Gasteiger partial charge is 0.339 e. The van der Waals surface area contributed by atoms with E-state index in [0.29, 0.717) is 36.7 Å². The molecule has 162 valence electrons. The van der Waals surface area contributed by atoms with Crippen LogP contribution in [0.3, 0.4) is 0 Å². The van der Waals surface area contributed by atoms with Crippen LogP contribution in [0.15, 0.2) is 46.2 Å². The quantitative estimate of drug-likeness (QED) is 0.527. The molecule has 0 radical (unpaired) electrons. The van der Waals surface area contributed by atoms with E-state index in [0.717, 1.165) is 11.8 Å². The molecule has 2 heterocycles. The zero-order chi connectivity index (χ0) is 22.0. The molecule has 0 unspecified atom stereocenters. The van der Waals surface area contributed by atoms with Crippen molar-refractivity contribution in [2.24, 2.45) is 0 Å². The summed E-state index contributed by atoms with van der Waals surface area (Å²) in [6.45, 7) is 0.910. The van der Waals surface area contributed by atoms with Crippen molar-refractivity contribution in [1.29, 1.82) is 0 Å². The fourth-order valence-corrected chi connectivity index (χ4v) is 4.52. The molecule has 0 bridgehead atoms. The third-order valence-corrected chi connectivity index (χ3v) is 6.38. The lowest BCUT2D eigenvalue weighted by molar-refractivity contribution is -0.115. The van der Waals surface area contributed by atoms with Gasteiger partial charge in [-0.25, -0.2) is 0 Å². The van der Waals surface area contributed by atoms with Gasteiger partial charge in [0.2, 0.25) is 0 Å². The Morgan fingerprint density at radius 3 is 2.52 bits per heavy atom. The summed E-state index contributed by atoms with van der Waals surface area (Å²) < 4.78 is 47.2. The third kappa shape index (κ3) is 4.62. The number of imide groups is 1. The van der Waals surface area contributed by atoms with E-state index in [9.17, 15) is 18.0 Å². The lowest BCUT2D eigenvalue weighted by atomic mass is 10.2. The van der Waals surface area contributed by atoms with Crippen LogP contribution in [-0.4, -0.2) is 39.9 Å². The summed E-state index contributed by atoms with van der Waals surface area (Å²) in [4.78, 5) is 23.1. The molecule has 11 heteroatoms. The number of thioether (sulfide) groups is 1. The summed E-state index contributed by atoms with van der Waals surface area (Å²) in [6.07, 6.45) is 2.19. The highest BCUT2D eigenvalue weighted by Crippen LogP contribution is 2.36. The average Bonchev–Trinajstić information content (AvgIpc) is 2.92. The van der Waals surface area contributed by atoms with E-state index < -0.39 is 21.3 Å². The van der Waals surface area contributed by atoms with Crippen LogP contribution in [0, 0.1) is 0 Å². The number of hydrogen-bond acceptors (Lipinski definition) is 9. The summed E-state index contributed by atoms with van der Waals surface area (Å²) in [7, 11) is -2.83. The second-order valence-electron chi connectivity index (χ2n) is 6.46. The maximum absolute atomic E-state index is 12.8. The SMILES string of the molecule is COc1cc(C=C2SC(=O)NC2=O)ccc1OS(=O)(=O)c1ccc2c(c1)OCCCO2. The molecule has 9 nitrogen and oxygen atoms in total. The van der Waals surface area contributed by atoms with E-state index in [2.05, 4.69) is 5.32 Å². The number of benzene rings is 2. The Hall–Kier alpha value is -3.18. The minimum atomic E-state index is -4.19. The topological polar surface area (TPSA) is 117 Å². The maximum Gasteiger partial charge on any atom is 0.339 e. The van der Waals surface area contributed by atoms with E-state index in [1.807, 2.05) is 0 Å². The second-order valence-corrected chi connectivity index (χ2v) is 9.02. The fraction of sp³-hybridized carbons (Fsp3) is 0.200. The van der Waals surface area contributed by atoms with Gasteiger partial charge in [0.15, 0.2) is 23.0 Å². The molecule has 0 aliphatic carbocycles. The first kappa shape index (κ1) is 21.1. The van der Waals surface area contributed by atoms with Crippen molar-refractivity contribution in [2.75, 3.05) is 20.3 Å². The van der Waals surface area contributed by atoms with E-state index in [-0.39, 0.29) is 21.3 Å². The van der Waals surface area contributed by atoms with Crippen LogP contribution >= 0.6 is 11.8 Å². The Morgan fingerprint density at radius 2 is 1.81 bits per heavy atom. The van der Waals surface area contributed by atoms with Gasteiger partial charge in [-0.1, -0.05) is 6.07 Å². The normalized spacial score (nSPS) is 17.3. The summed E-state index contributed by atoms with van der Waals surface area (Å²) in [5, 5.41) is 1.71. The Balaban J connectivity index is 1.60. The van der Waals surface area contributed by atoms with Crippen LogP contribution in [0.1, 0.15) is 12.0 Å². The molecule has 2 aliphatic heterocycles. The lowest BCUT2D eigenvalue weighted by Gasteiger charge is -2.13. The lowest BCUT2D eigenvalue weighted by Crippen LogP contribution is -2.17. The maximum atomic E-state index is 12.8. The number of amides is 2. The zero-order valence-electron chi connectivity index (χ0n) is 16.2. The van der Waals surface area contributed by atoms with Gasteiger partial charge >= 0.3 is 10.1 Å². The average molecular weight is 463 g/mol. The van der Waals surface area contributed by atoms with E-state index in [1.165, 1.54) is 43.5 Å². The van der Waals surface area contributed by atoms with Gasteiger partial charge in [0.05, 0.1) is 25.2 Å². The Bertz CT molecular complexity index is 1190. The van der Waals surface area contributed by atoms with Crippen molar-refractivity contribution in [2.45, 2.75) is 11.3 Å². The molecule has 1 saturated heterocycles. The van der Waals surface area contributed by atoms with Gasteiger partial charge < -0.3 is 18.4 Å².